The zero-order valence-corrected chi connectivity index (χ0v) is 23.9. The van der Waals surface area contributed by atoms with E-state index in [9.17, 15) is 0 Å². The lowest BCUT2D eigenvalue weighted by molar-refractivity contribution is 1.19. The van der Waals surface area contributed by atoms with E-state index in [4.69, 9.17) is 9.97 Å². The first-order valence-electron chi connectivity index (χ1n) is 15.0. The minimum atomic E-state index is 0.719. The van der Waals surface area contributed by atoms with E-state index in [1.165, 1.54) is 53.9 Å². The molecule has 0 amide bonds. The number of nitrogens with zero attached hydrogens (tertiary/aromatic N) is 2. The van der Waals surface area contributed by atoms with Crippen molar-refractivity contribution in [3.8, 4) is 33.9 Å². The fraction of sp³-hybridized carbons (Fsp3) is 0. The summed E-state index contributed by atoms with van der Waals surface area (Å²) in [6.07, 6.45) is 0. The van der Waals surface area contributed by atoms with Gasteiger partial charge < -0.3 is 0 Å². The monoisotopic (exact) mass is 558 g/mol. The largest absolute Gasteiger partial charge is 0.228 e. The third-order valence-electron chi connectivity index (χ3n) is 8.81. The van der Waals surface area contributed by atoms with Gasteiger partial charge in [-0.2, -0.15) is 0 Å². The molecular formula is C42H26N2. The van der Waals surface area contributed by atoms with Crippen molar-refractivity contribution in [1.82, 2.24) is 9.97 Å². The average Bonchev–Trinajstić information content (AvgIpc) is 3.10. The zero-order chi connectivity index (χ0) is 29.0. The van der Waals surface area contributed by atoms with Crippen LogP contribution >= 0.6 is 0 Å². The molecular weight excluding hydrogens is 532 g/mol. The van der Waals surface area contributed by atoms with Crippen LogP contribution in [-0.4, -0.2) is 9.97 Å². The van der Waals surface area contributed by atoms with E-state index < -0.39 is 0 Å². The van der Waals surface area contributed by atoms with Crippen LogP contribution in [0.25, 0.3) is 87.8 Å². The number of hydrogen-bond donors (Lipinski definition) is 0. The van der Waals surface area contributed by atoms with Crippen molar-refractivity contribution in [2.45, 2.75) is 0 Å². The molecule has 0 saturated heterocycles. The molecule has 0 N–H and O–H groups in total. The quantitative estimate of drug-likeness (QED) is 0.159. The fourth-order valence-electron chi connectivity index (χ4n) is 6.80. The van der Waals surface area contributed by atoms with Gasteiger partial charge in [-0.3, -0.25) is 0 Å². The van der Waals surface area contributed by atoms with Gasteiger partial charge in [0.15, 0.2) is 5.82 Å². The van der Waals surface area contributed by atoms with E-state index in [1.54, 1.807) is 0 Å². The van der Waals surface area contributed by atoms with Gasteiger partial charge in [0.2, 0.25) is 0 Å². The van der Waals surface area contributed by atoms with Gasteiger partial charge in [0.25, 0.3) is 0 Å². The molecule has 0 aliphatic heterocycles. The molecule has 0 unspecified atom stereocenters. The molecule has 1 heterocycles. The summed E-state index contributed by atoms with van der Waals surface area (Å²) in [6.45, 7) is 0. The Morgan fingerprint density at radius 2 is 0.909 bits per heavy atom. The van der Waals surface area contributed by atoms with Crippen molar-refractivity contribution < 1.29 is 0 Å². The Morgan fingerprint density at radius 1 is 0.341 bits per heavy atom. The summed E-state index contributed by atoms with van der Waals surface area (Å²) in [5, 5.41) is 12.1. The molecule has 8 aromatic carbocycles. The Labute approximate surface area is 254 Å². The summed E-state index contributed by atoms with van der Waals surface area (Å²) >= 11 is 0. The average molecular weight is 559 g/mol. The van der Waals surface area contributed by atoms with Gasteiger partial charge >= 0.3 is 0 Å². The molecule has 1 aromatic heterocycles. The fourth-order valence-corrected chi connectivity index (χ4v) is 6.80. The zero-order valence-electron chi connectivity index (χ0n) is 23.9. The minimum Gasteiger partial charge on any atom is -0.228 e. The number of aromatic nitrogens is 2. The SMILES string of the molecule is c1ccc(-c2nc(-c3cc4ccccc4c4ccccc34)cc(-c3c4ccccc4cc4ccc5ccccc5c34)n2)cc1. The van der Waals surface area contributed by atoms with Crippen molar-refractivity contribution in [3.63, 3.8) is 0 Å². The molecule has 204 valence electrons. The summed E-state index contributed by atoms with van der Waals surface area (Å²) in [6, 6.07) is 56.2. The van der Waals surface area contributed by atoms with E-state index >= 15 is 0 Å². The van der Waals surface area contributed by atoms with E-state index in [2.05, 4.69) is 152 Å². The van der Waals surface area contributed by atoms with Crippen molar-refractivity contribution in [1.29, 1.82) is 0 Å². The molecule has 0 radical (unpaired) electrons. The molecule has 0 atom stereocenters. The topological polar surface area (TPSA) is 25.8 Å². The maximum absolute atomic E-state index is 5.34. The Bertz CT molecular complexity index is 2550. The van der Waals surface area contributed by atoms with Crippen molar-refractivity contribution in [3.05, 3.63) is 158 Å². The molecule has 0 spiro atoms. The Balaban J connectivity index is 1.44. The van der Waals surface area contributed by atoms with Gasteiger partial charge in [0, 0.05) is 16.7 Å². The number of hydrogen-bond acceptors (Lipinski definition) is 2. The van der Waals surface area contributed by atoms with E-state index in [0.717, 1.165) is 33.9 Å². The highest BCUT2D eigenvalue weighted by Crippen LogP contribution is 2.42. The molecule has 0 aliphatic rings. The van der Waals surface area contributed by atoms with Gasteiger partial charge in [-0.25, -0.2) is 9.97 Å². The van der Waals surface area contributed by atoms with E-state index in [1.807, 2.05) is 6.07 Å². The van der Waals surface area contributed by atoms with Gasteiger partial charge in [-0.05, 0) is 72.1 Å². The Morgan fingerprint density at radius 3 is 1.70 bits per heavy atom. The maximum Gasteiger partial charge on any atom is 0.160 e. The predicted octanol–water partition coefficient (Wildman–Crippen LogP) is 11.2. The van der Waals surface area contributed by atoms with Crippen LogP contribution in [0.1, 0.15) is 0 Å². The highest BCUT2D eigenvalue weighted by Gasteiger charge is 2.18. The summed E-state index contributed by atoms with van der Waals surface area (Å²) < 4.78 is 0. The highest BCUT2D eigenvalue weighted by molar-refractivity contribution is 6.22. The van der Waals surface area contributed by atoms with Gasteiger partial charge in [0.05, 0.1) is 11.4 Å². The second-order valence-electron chi connectivity index (χ2n) is 11.4. The van der Waals surface area contributed by atoms with Crippen LogP contribution in [0.2, 0.25) is 0 Å². The molecule has 0 bridgehead atoms. The molecule has 0 aliphatic carbocycles. The lowest BCUT2D eigenvalue weighted by Crippen LogP contribution is -1.98. The van der Waals surface area contributed by atoms with Gasteiger partial charge in [-0.15, -0.1) is 0 Å². The van der Waals surface area contributed by atoms with E-state index in [0.29, 0.717) is 0 Å². The smallest absolute Gasteiger partial charge is 0.160 e. The molecule has 0 saturated carbocycles. The third kappa shape index (κ3) is 3.89. The predicted molar refractivity (Wildman–Crippen MR) is 186 cm³/mol. The molecule has 2 heteroatoms. The van der Waals surface area contributed by atoms with E-state index in [-0.39, 0.29) is 0 Å². The molecule has 0 fully saturated rings. The second-order valence-corrected chi connectivity index (χ2v) is 11.4. The van der Waals surface area contributed by atoms with Crippen molar-refractivity contribution in [2.75, 3.05) is 0 Å². The normalized spacial score (nSPS) is 11.6. The summed E-state index contributed by atoms with van der Waals surface area (Å²) in [5.41, 5.74) is 5.08. The summed E-state index contributed by atoms with van der Waals surface area (Å²) in [5.74, 6) is 0.719. The molecule has 9 aromatic rings. The first kappa shape index (κ1) is 24.7. The first-order chi connectivity index (χ1) is 21.8. The first-order valence-corrected chi connectivity index (χ1v) is 15.0. The molecule has 2 nitrogen and oxygen atoms in total. The highest BCUT2D eigenvalue weighted by atomic mass is 14.9. The molecule has 44 heavy (non-hydrogen) atoms. The van der Waals surface area contributed by atoms with Crippen LogP contribution in [0.15, 0.2) is 158 Å². The summed E-state index contributed by atoms with van der Waals surface area (Å²) in [4.78, 5) is 10.6. The molecule has 9 rings (SSSR count). The maximum atomic E-state index is 5.34. The Hall–Kier alpha value is -5.86. The summed E-state index contributed by atoms with van der Waals surface area (Å²) in [7, 11) is 0. The van der Waals surface area contributed by atoms with Crippen LogP contribution in [0.5, 0.6) is 0 Å². The number of benzene rings is 8. The third-order valence-corrected chi connectivity index (χ3v) is 8.81. The van der Waals surface area contributed by atoms with Crippen LogP contribution in [0.3, 0.4) is 0 Å². The van der Waals surface area contributed by atoms with Crippen LogP contribution in [0, 0.1) is 0 Å². The van der Waals surface area contributed by atoms with Gasteiger partial charge in [0.1, 0.15) is 0 Å². The van der Waals surface area contributed by atoms with Crippen LogP contribution < -0.4 is 0 Å². The minimum absolute atomic E-state index is 0.719. The second kappa shape index (κ2) is 9.86. The number of rotatable bonds is 3. The van der Waals surface area contributed by atoms with Crippen LogP contribution in [-0.2, 0) is 0 Å². The van der Waals surface area contributed by atoms with Gasteiger partial charge in [-0.1, -0.05) is 140 Å². The number of fused-ring (bicyclic) bond motifs is 7. The standard InChI is InChI=1S/C42H26N2/c1-2-13-28(14-3-1)42-43-38(37-25-30-16-5-7-17-32(30)35-20-10-11-21-36(35)37)26-39(44-42)41-34-19-9-6-15-29(34)24-31-23-22-27-12-4-8-18-33(27)40(31)41/h1-26H. The van der Waals surface area contributed by atoms with Crippen molar-refractivity contribution >= 4 is 53.9 Å². The lowest BCUT2D eigenvalue weighted by atomic mass is 9.90. The van der Waals surface area contributed by atoms with Crippen molar-refractivity contribution in [2.24, 2.45) is 0 Å². The lowest BCUT2D eigenvalue weighted by Gasteiger charge is -2.17. The van der Waals surface area contributed by atoms with Crippen LogP contribution in [0.4, 0.5) is 0 Å². The Kier molecular flexibility index (Phi) is 5.54.